The SMILES string of the molecule is Cc1ccc(-c2ccc(F)c(C(N)=O)c2)c(C)n1. The highest BCUT2D eigenvalue weighted by atomic mass is 19.1. The van der Waals surface area contributed by atoms with Crippen molar-refractivity contribution in [3.63, 3.8) is 0 Å². The van der Waals surface area contributed by atoms with Crippen LogP contribution in [0.2, 0.25) is 0 Å². The lowest BCUT2D eigenvalue weighted by atomic mass is 10.0. The molecule has 0 aliphatic carbocycles. The molecule has 0 saturated heterocycles. The average Bonchev–Trinajstić information content (AvgIpc) is 2.30. The van der Waals surface area contributed by atoms with E-state index in [1.165, 1.54) is 12.1 Å². The van der Waals surface area contributed by atoms with E-state index >= 15 is 0 Å². The first-order valence-corrected chi connectivity index (χ1v) is 5.53. The molecule has 0 spiro atoms. The van der Waals surface area contributed by atoms with E-state index in [0.29, 0.717) is 0 Å². The predicted octanol–water partition coefficient (Wildman–Crippen LogP) is 2.60. The van der Waals surface area contributed by atoms with Crippen molar-refractivity contribution in [1.29, 1.82) is 0 Å². The van der Waals surface area contributed by atoms with E-state index in [4.69, 9.17) is 5.73 Å². The minimum Gasteiger partial charge on any atom is -0.366 e. The summed E-state index contributed by atoms with van der Waals surface area (Å²) in [6, 6.07) is 8.08. The quantitative estimate of drug-likeness (QED) is 0.882. The maximum absolute atomic E-state index is 13.4. The van der Waals surface area contributed by atoms with E-state index in [2.05, 4.69) is 4.98 Å². The van der Waals surface area contributed by atoms with Gasteiger partial charge in [0, 0.05) is 17.0 Å². The van der Waals surface area contributed by atoms with Crippen LogP contribution in [0.15, 0.2) is 30.3 Å². The molecule has 0 fully saturated rings. The first kappa shape index (κ1) is 12.2. The summed E-state index contributed by atoms with van der Waals surface area (Å²) in [5, 5.41) is 0. The van der Waals surface area contributed by atoms with E-state index < -0.39 is 11.7 Å². The molecule has 0 aliphatic heterocycles. The molecule has 0 radical (unpaired) electrons. The molecular formula is C14H13FN2O. The Balaban J connectivity index is 2.58. The Labute approximate surface area is 104 Å². The lowest BCUT2D eigenvalue weighted by Gasteiger charge is -2.08. The second-order valence-electron chi connectivity index (χ2n) is 4.14. The molecule has 0 saturated carbocycles. The van der Waals surface area contributed by atoms with E-state index in [1.54, 1.807) is 6.07 Å². The minimum absolute atomic E-state index is 0.104. The standard InChI is InChI=1S/C14H13FN2O/c1-8-3-5-11(9(2)17-8)10-4-6-13(15)12(7-10)14(16)18/h3-7H,1-2H3,(H2,16,18). The van der Waals surface area contributed by atoms with Gasteiger partial charge >= 0.3 is 0 Å². The molecule has 1 aromatic heterocycles. The van der Waals surface area contributed by atoms with Gasteiger partial charge in [-0.3, -0.25) is 9.78 Å². The maximum Gasteiger partial charge on any atom is 0.251 e. The Morgan fingerprint density at radius 3 is 2.56 bits per heavy atom. The van der Waals surface area contributed by atoms with Crippen molar-refractivity contribution in [1.82, 2.24) is 4.98 Å². The Bertz CT molecular complexity index is 623. The molecule has 0 atom stereocenters. The molecule has 1 aromatic carbocycles. The summed E-state index contributed by atoms with van der Waals surface area (Å²) in [7, 11) is 0. The van der Waals surface area contributed by atoms with E-state index in [9.17, 15) is 9.18 Å². The van der Waals surface area contributed by atoms with E-state index in [0.717, 1.165) is 22.5 Å². The molecule has 2 rings (SSSR count). The van der Waals surface area contributed by atoms with Crippen molar-refractivity contribution in [2.24, 2.45) is 5.73 Å². The highest BCUT2D eigenvalue weighted by Gasteiger charge is 2.11. The van der Waals surface area contributed by atoms with Gasteiger partial charge in [-0.15, -0.1) is 0 Å². The topological polar surface area (TPSA) is 56.0 Å². The van der Waals surface area contributed by atoms with Crippen molar-refractivity contribution in [2.45, 2.75) is 13.8 Å². The summed E-state index contributed by atoms with van der Waals surface area (Å²) in [5.41, 5.74) is 8.36. The Kier molecular flexibility index (Phi) is 3.10. The molecule has 0 aliphatic rings. The van der Waals surface area contributed by atoms with Gasteiger partial charge in [0.15, 0.2) is 0 Å². The molecule has 2 N–H and O–H groups in total. The smallest absolute Gasteiger partial charge is 0.251 e. The number of rotatable bonds is 2. The summed E-state index contributed by atoms with van der Waals surface area (Å²) in [6.07, 6.45) is 0. The van der Waals surface area contributed by atoms with Gasteiger partial charge in [0.25, 0.3) is 5.91 Å². The number of aryl methyl sites for hydroxylation is 2. The number of carbonyl (C=O) groups is 1. The Morgan fingerprint density at radius 2 is 1.94 bits per heavy atom. The van der Waals surface area contributed by atoms with Crippen LogP contribution in [0.4, 0.5) is 4.39 Å². The van der Waals surface area contributed by atoms with Gasteiger partial charge in [0.05, 0.1) is 5.56 Å². The first-order valence-electron chi connectivity index (χ1n) is 5.53. The molecule has 1 amide bonds. The van der Waals surface area contributed by atoms with Crippen LogP contribution >= 0.6 is 0 Å². The van der Waals surface area contributed by atoms with Gasteiger partial charge in [-0.05, 0) is 37.6 Å². The lowest BCUT2D eigenvalue weighted by Crippen LogP contribution is -2.13. The van der Waals surface area contributed by atoms with Crippen LogP contribution in [0, 0.1) is 19.7 Å². The minimum atomic E-state index is -0.771. The highest BCUT2D eigenvalue weighted by Crippen LogP contribution is 2.24. The third-order valence-electron chi connectivity index (χ3n) is 2.77. The van der Waals surface area contributed by atoms with Crippen LogP contribution in [0.3, 0.4) is 0 Å². The van der Waals surface area contributed by atoms with Crippen LogP contribution in [0.5, 0.6) is 0 Å². The molecular weight excluding hydrogens is 231 g/mol. The van der Waals surface area contributed by atoms with E-state index in [-0.39, 0.29) is 5.56 Å². The molecule has 0 bridgehead atoms. The van der Waals surface area contributed by atoms with Crippen molar-refractivity contribution in [3.05, 3.63) is 53.1 Å². The first-order chi connectivity index (χ1) is 8.49. The monoisotopic (exact) mass is 244 g/mol. The van der Waals surface area contributed by atoms with Crippen molar-refractivity contribution in [2.75, 3.05) is 0 Å². The second-order valence-corrected chi connectivity index (χ2v) is 4.14. The zero-order chi connectivity index (χ0) is 13.3. The van der Waals surface area contributed by atoms with Gasteiger partial charge in [-0.2, -0.15) is 0 Å². The molecule has 0 unspecified atom stereocenters. The zero-order valence-corrected chi connectivity index (χ0v) is 10.2. The molecule has 4 heteroatoms. The van der Waals surface area contributed by atoms with Gasteiger partial charge < -0.3 is 5.73 Å². The summed E-state index contributed by atoms with van der Waals surface area (Å²) in [6.45, 7) is 3.77. The summed E-state index contributed by atoms with van der Waals surface area (Å²) in [4.78, 5) is 15.4. The number of primary amides is 1. The summed E-state index contributed by atoms with van der Waals surface area (Å²) < 4.78 is 13.4. The molecule has 3 nitrogen and oxygen atoms in total. The van der Waals surface area contributed by atoms with Crippen molar-refractivity contribution in [3.8, 4) is 11.1 Å². The highest BCUT2D eigenvalue weighted by molar-refractivity contribution is 5.94. The van der Waals surface area contributed by atoms with Crippen LogP contribution in [-0.4, -0.2) is 10.9 Å². The molecule has 18 heavy (non-hydrogen) atoms. The third kappa shape index (κ3) is 2.22. The fourth-order valence-electron chi connectivity index (χ4n) is 1.87. The third-order valence-corrected chi connectivity index (χ3v) is 2.77. The fourth-order valence-corrected chi connectivity index (χ4v) is 1.87. The van der Waals surface area contributed by atoms with Gasteiger partial charge in [-0.1, -0.05) is 12.1 Å². The van der Waals surface area contributed by atoms with Gasteiger partial charge in [-0.25, -0.2) is 4.39 Å². The maximum atomic E-state index is 13.4. The number of amides is 1. The zero-order valence-electron chi connectivity index (χ0n) is 10.2. The molecule has 92 valence electrons. The number of nitrogens with two attached hydrogens (primary N) is 1. The van der Waals surface area contributed by atoms with Gasteiger partial charge in [0.2, 0.25) is 0 Å². The predicted molar refractivity (Wildman–Crippen MR) is 67.6 cm³/mol. The fraction of sp³-hybridized carbons (Fsp3) is 0.143. The number of aromatic nitrogens is 1. The molecule has 2 aromatic rings. The van der Waals surface area contributed by atoms with Crippen LogP contribution in [0.25, 0.3) is 11.1 Å². The largest absolute Gasteiger partial charge is 0.366 e. The normalized spacial score (nSPS) is 10.4. The molecule has 1 heterocycles. The Hall–Kier alpha value is -2.23. The number of hydrogen-bond acceptors (Lipinski definition) is 2. The van der Waals surface area contributed by atoms with Crippen LogP contribution in [0.1, 0.15) is 21.7 Å². The number of halogens is 1. The van der Waals surface area contributed by atoms with Crippen molar-refractivity contribution < 1.29 is 9.18 Å². The number of nitrogens with zero attached hydrogens (tertiary/aromatic N) is 1. The van der Waals surface area contributed by atoms with Crippen molar-refractivity contribution >= 4 is 5.91 Å². The number of pyridine rings is 1. The van der Waals surface area contributed by atoms with Crippen LogP contribution in [-0.2, 0) is 0 Å². The van der Waals surface area contributed by atoms with Crippen LogP contribution < -0.4 is 5.73 Å². The number of hydrogen-bond donors (Lipinski definition) is 1. The van der Waals surface area contributed by atoms with E-state index in [1.807, 2.05) is 26.0 Å². The summed E-state index contributed by atoms with van der Waals surface area (Å²) >= 11 is 0. The number of benzene rings is 1. The summed E-state index contributed by atoms with van der Waals surface area (Å²) in [5.74, 6) is -1.38. The second kappa shape index (κ2) is 4.56. The van der Waals surface area contributed by atoms with Gasteiger partial charge in [0.1, 0.15) is 5.82 Å². The average molecular weight is 244 g/mol. The lowest BCUT2D eigenvalue weighted by molar-refractivity contribution is 0.0996. The number of carbonyl (C=O) groups excluding carboxylic acids is 1. The Morgan fingerprint density at radius 1 is 1.22 bits per heavy atom.